The molecule has 2 rings (SSSR count). The fraction of sp³-hybridized carbons (Fsp3) is 0.278. The van der Waals surface area contributed by atoms with Gasteiger partial charge in [-0.05, 0) is 49.2 Å². The summed E-state index contributed by atoms with van der Waals surface area (Å²) in [4.78, 5) is 12.4. The van der Waals surface area contributed by atoms with Crippen LogP contribution in [0.1, 0.15) is 24.5 Å². The molecule has 0 aromatic heterocycles. The smallest absolute Gasteiger partial charge is 0.418 e. The lowest BCUT2D eigenvalue weighted by Crippen LogP contribution is -2.33. The third kappa shape index (κ3) is 5.13. The van der Waals surface area contributed by atoms with Crippen LogP contribution in [0.5, 0.6) is 5.75 Å². The molecule has 0 saturated heterocycles. The van der Waals surface area contributed by atoms with E-state index in [1.165, 1.54) is 6.07 Å². The molecule has 134 valence electrons. The van der Waals surface area contributed by atoms with E-state index >= 15 is 0 Å². The zero-order valence-corrected chi connectivity index (χ0v) is 14.4. The summed E-state index contributed by atoms with van der Waals surface area (Å²) >= 11 is 5.63. The lowest BCUT2D eigenvalue weighted by atomic mass is 10.1. The van der Waals surface area contributed by atoms with Gasteiger partial charge < -0.3 is 10.1 Å². The molecule has 25 heavy (non-hydrogen) atoms. The molecule has 0 aliphatic heterocycles. The molecular weight excluding hydrogens is 355 g/mol. The van der Waals surface area contributed by atoms with Crippen molar-refractivity contribution in [1.82, 2.24) is 0 Å². The summed E-state index contributed by atoms with van der Waals surface area (Å²) in [7, 11) is 0. The second-order valence-electron chi connectivity index (χ2n) is 5.51. The number of nitrogens with one attached hydrogen (secondary N) is 1. The third-order valence-corrected chi connectivity index (χ3v) is 3.71. The highest BCUT2D eigenvalue weighted by molar-refractivity contribution is 6.30. The first kappa shape index (κ1) is 19.1. The summed E-state index contributed by atoms with van der Waals surface area (Å²) in [5, 5.41) is 2.23. The van der Waals surface area contributed by atoms with Crippen molar-refractivity contribution in [3.8, 4) is 5.75 Å². The van der Waals surface area contributed by atoms with Crippen molar-refractivity contribution >= 4 is 23.2 Å². The van der Waals surface area contributed by atoms with E-state index in [1.54, 1.807) is 25.1 Å². The number of hydrogen-bond donors (Lipinski definition) is 1. The number of carbonyl (C=O) groups is 1. The van der Waals surface area contributed by atoms with Crippen LogP contribution in [0.25, 0.3) is 0 Å². The Balaban J connectivity index is 2.20. The maximum absolute atomic E-state index is 13.1. The molecule has 0 heterocycles. The number of hydrogen-bond acceptors (Lipinski definition) is 2. The van der Waals surface area contributed by atoms with Crippen molar-refractivity contribution in [2.45, 2.75) is 32.5 Å². The number of halogens is 4. The summed E-state index contributed by atoms with van der Waals surface area (Å²) in [5.74, 6) is -0.175. The van der Waals surface area contributed by atoms with Crippen molar-refractivity contribution in [3.63, 3.8) is 0 Å². The highest BCUT2D eigenvalue weighted by atomic mass is 35.5. The number of ether oxygens (including phenoxy) is 1. The Hall–Kier alpha value is -2.21. The summed E-state index contributed by atoms with van der Waals surface area (Å²) in [6, 6.07) is 10.3. The molecule has 3 nitrogen and oxygen atoms in total. The Morgan fingerprint density at radius 2 is 1.96 bits per heavy atom. The van der Waals surface area contributed by atoms with Gasteiger partial charge >= 0.3 is 6.18 Å². The van der Waals surface area contributed by atoms with Crippen LogP contribution in [0, 0.1) is 6.92 Å². The number of amides is 1. The second kappa shape index (κ2) is 7.78. The number of carbonyl (C=O) groups excluding carboxylic acids is 1. The van der Waals surface area contributed by atoms with Crippen LogP contribution in [0.4, 0.5) is 18.9 Å². The minimum absolute atomic E-state index is 0.0617. The van der Waals surface area contributed by atoms with E-state index < -0.39 is 23.8 Å². The molecule has 0 fully saturated rings. The van der Waals surface area contributed by atoms with Gasteiger partial charge in [-0.3, -0.25) is 4.79 Å². The summed E-state index contributed by atoms with van der Waals surface area (Å²) in [5.41, 5.74) is -0.406. The number of benzene rings is 2. The maximum atomic E-state index is 13.1. The quantitative estimate of drug-likeness (QED) is 0.757. The molecule has 0 unspecified atom stereocenters. The van der Waals surface area contributed by atoms with Crippen LogP contribution in [0.15, 0.2) is 42.5 Å². The van der Waals surface area contributed by atoms with E-state index in [0.717, 1.165) is 17.7 Å². The Labute approximate surface area is 148 Å². The van der Waals surface area contributed by atoms with Crippen LogP contribution in [0.2, 0.25) is 5.02 Å². The molecule has 0 aliphatic carbocycles. The molecule has 1 N–H and O–H groups in total. The van der Waals surface area contributed by atoms with Crippen molar-refractivity contribution in [1.29, 1.82) is 0 Å². The average molecular weight is 372 g/mol. The van der Waals surface area contributed by atoms with Crippen molar-refractivity contribution in [2.24, 2.45) is 0 Å². The van der Waals surface area contributed by atoms with E-state index in [4.69, 9.17) is 16.3 Å². The van der Waals surface area contributed by atoms with Gasteiger partial charge in [0, 0.05) is 5.02 Å². The minimum Gasteiger partial charge on any atom is -0.481 e. The topological polar surface area (TPSA) is 38.3 Å². The SMILES string of the molecule is CC[C@H](Oc1cccc(C)c1)C(=O)Nc1ccc(Cl)cc1C(F)(F)F. The van der Waals surface area contributed by atoms with Crippen molar-refractivity contribution in [2.75, 3.05) is 5.32 Å². The summed E-state index contributed by atoms with van der Waals surface area (Å²) < 4.78 is 44.9. The summed E-state index contributed by atoms with van der Waals surface area (Å²) in [6.45, 7) is 3.59. The molecular formula is C18H17ClF3NO2. The van der Waals surface area contributed by atoms with E-state index in [2.05, 4.69) is 5.32 Å². The predicted octanol–water partition coefficient (Wildman–Crippen LogP) is 5.46. The Kier molecular flexibility index (Phi) is 5.95. The standard InChI is InChI=1S/C18H17ClF3NO2/c1-3-16(25-13-6-4-5-11(2)9-13)17(24)23-15-8-7-12(19)10-14(15)18(20,21)22/h4-10,16H,3H2,1-2H3,(H,23,24)/t16-/m0/s1. The van der Waals surface area contributed by atoms with Crippen LogP contribution >= 0.6 is 11.6 Å². The number of rotatable bonds is 5. The van der Waals surface area contributed by atoms with Gasteiger partial charge in [0.1, 0.15) is 5.75 Å². The largest absolute Gasteiger partial charge is 0.481 e. The average Bonchev–Trinajstić information content (AvgIpc) is 2.53. The minimum atomic E-state index is -4.63. The fourth-order valence-electron chi connectivity index (χ4n) is 2.25. The maximum Gasteiger partial charge on any atom is 0.418 e. The van der Waals surface area contributed by atoms with Gasteiger partial charge in [-0.2, -0.15) is 13.2 Å². The van der Waals surface area contributed by atoms with Crippen LogP contribution in [-0.2, 0) is 11.0 Å². The lowest BCUT2D eigenvalue weighted by molar-refractivity contribution is -0.137. The van der Waals surface area contributed by atoms with E-state index in [9.17, 15) is 18.0 Å². The number of aryl methyl sites for hydroxylation is 1. The van der Waals surface area contributed by atoms with Gasteiger partial charge in [0.2, 0.25) is 0 Å². The molecule has 2 aromatic rings. The molecule has 0 spiro atoms. The van der Waals surface area contributed by atoms with Gasteiger partial charge in [-0.1, -0.05) is 30.7 Å². The Morgan fingerprint density at radius 1 is 1.24 bits per heavy atom. The molecule has 0 radical (unpaired) electrons. The van der Waals surface area contributed by atoms with E-state index in [0.29, 0.717) is 12.2 Å². The van der Waals surface area contributed by atoms with Gasteiger partial charge in [0.15, 0.2) is 6.10 Å². The second-order valence-corrected chi connectivity index (χ2v) is 5.94. The molecule has 0 aliphatic rings. The fourth-order valence-corrected chi connectivity index (χ4v) is 2.42. The highest BCUT2D eigenvalue weighted by Gasteiger charge is 2.34. The molecule has 1 amide bonds. The van der Waals surface area contributed by atoms with E-state index in [1.807, 2.05) is 13.0 Å². The zero-order chi connectivity index (χ0) is 18.6. The van der Waals surface area contributed by atoms with Crippen molar-refractivity contribution < 1.29 is 22.7 Å². The zero-order valence-electron chi connectivity index (χ0n) is 13.7. The first-order valence-corrected chi connectivity index (χ1v) is 7.99. The van der Waals surface area contributed by atoms with Crippen LogP contribution in [0.3, 0.4) is 0 Å². The summed E-state index contributed by atoms with van der Waals surface area (Å²) in [6.07, 6.45) is -5.25. The third-order valence-electron chi connectivity index (χ3n) is 3.48. The monoisotopic (exact) mass is 371 g/mol. The first-order valence-electron chi connectivity index (χ1n) is 7.61. The molecule has 1 atom stereocenters. The van der Waals surface area contributed by atoms with Gasteiger partial charge in [0.25, 0.3) is 5.91 Å². The Bertz CT molecular complexity index is 762. The Morgan fingerprint density at radius 3 is 2.56 bits per heavy atom. The normalized spacial score (nSPS) is 12.6. The van der Waals surface area contributed by atoms with E-state index in [-0.39, 0.29) is 10.7 Å². The molecule has 2 aromatic carbocycles. The molecule has 0 saturated carbocycles. The van der Waals surface area contributed by atoms with Gasteiger partial charge in [-0.15, -0.1) is 0 Å². The van der Waals surface area contributed by atoms with Gasteiger partial charge in [0.05, 0.1) is 11.3 Å². The van der Waals surface area contributed by atoms with Crippen molar-refractivity contribution in [3.05, 3.63) is 58.6 Å². The van der Waals surface area contributed by atoms with Crippen LogP contribution in [-0.4, -0.2) is 12.0 Å². The predicted molar refractivity (Wildman–Crippen MR) is 91.0 cm³/mol. The highest BCUT2D eigenvalue weighted by Crippen LogP contribution is 2.36. The lowest BCUT2D eigenvalue weighted by Gasteiger charge is -2.19. The van der Waals surface area contributed by atoms with Gasteiger partial charge in [-0.25, -0.2) is 0 Å². The first-order chi connectivity index (χ1) is 11.7. The van der Waals surface area contributed by atoms with Crippen LogP contribution < -0.4 is 10.1 Å². The molecule has 0 bridgehead atoms. The number of anilines is 1. The molecule has 7 heteroatoms. The number of alkyl halides is 3.